The molecule has 114 valence electrons. The molecule has 1 fully saturated rings. The molecule has 0 radical (unpaired) electrons. The number of para-hydroxylation sites is 1. The molecule has 0 spiro atoms. The second-order valence-electron chi connectivity index (χ2n) is 4.67. The van der Waals surface area contributed by atoms with Crippen molar-refractivity contribution in [3.8, 4) is 0 Å². The van der Waals surface area contributed by atoms with Crippen LogP contribution < -0.4 is 10.6 Å². The van der Waals surface area contributed by atoms with Gasteiger partial charge in [0, 0.05) is 12.2 Å². The molecule has 3 N–H and O–H groups in total. The molecule has 0 aliphatic carbocycles. The summed E-state index contributed by atoms with van der Waals surface area (Å²) in [7, 11) is 0. The fraction of sp³-hybridized carbons (Fsp3) is 0.429. The molecule has 7 heteroatoms. The minimum atomic E-state index is -0.441. The Morgan fingerprint density at radius 1 is 1.33 bits per heavy atom. The van der Waals surface area contributed by atoms with E-state index in [0.29, 0.717) is 25.4 Å². The molecular formula is C14H19N3O4. The summed E-state index contributed by atoms with van der Waals surface area (Å²) in [5.41, 5.74) is 0.655. The first-order chi connectivity index (χ1) is 10.2. The molecule has 0 saturated carbocycles. The normalized spacial score (nSPS) is 18.1. The Hall–Kier alpha value is -2.12. The Kier molecular flexibility index (Phi) is 5.53. The van der Waals surface area contributed by atoms with Gasteiger partial charge in [0.2, 0.25) is 5.91 Å². The molecule has 3 amide bonds. The lowest BCUT2D eigenvalue weighted by molar-refractivity contribution is -0.140. The number of nitrogens with zero attached hydrogens (tertiary/aromatic N) is 1. The predicted octanol–water partition coefficient (Wildman–Crippen LogP) is 0.0278. The molecule has 0 aromatic heterocycles. The lowest BCUT2D eigenvalue weighted by Gasteiger charge is -2.34. The molecule has 7 nitrogen and oxygen atoms in total. The number of ether oxygens (including phenoxy) is 1. The number of carbonyl (C=O) groups is 2. The number of anilines is 1. The van der Waals surface area contributed by atoms with Gasteiger partial charge in [-0.3, -0.25) is 4.79 Å². The van der Waals surface area contributed by atoms with Crippen molar-refractivity contribution in [3.63, 3.8) is 0 Å². The zero-order chi connectivity index (χ0) is 15.1. The first kappa shape index (κ1) is 15.3. The van der Waals surface area contributed by atoms with Gasteiger partial charge in [0.1, 0.15) is 0 Å². The van der Waals surface area contributed by atoms with Crippen molar-refractivity contribution in [2.45, 2.75) is 6.04 Å². The van der Waals surface area contributed by atoms with Gasteiger partial charge in [0.05, 0.1) is 32.4 Å². The average Bonchev–Trinajstić information content (AvgIpc) is 2.53. The summed E-state index contributed by atoms with van der Waals surface area (Å²) >= 11 is 0. The highest BCUT2D eigenvalue weighted by atomic mass is 16.5. The number of nitrogens with one attached hydrogen (secondary N) is 2. The topological polar surface area (TPSA) is 90.9 Å². The zero-order valence-corrected chi connectivity index (χ0v) is 11.6. The largest absolute Gasteiger partial charge is 0.394 e. The third-order valence-corrected chi connectivity index (χ3v) is 3.19. The van der Waals surface area contributed by atoms with E-state index >= 15 is 0 Å². The van der Waals surface area contributed by atoms with Crippen LogP contribution in [-0.2, 0) is 9.53 Å². The summed E-state index contributed by atoms with van der Waals surface area (Å²) in [5, 5.41) is 14.3. The van der Waals surface area contributed by atoms with Gasteiger partial charge in [-0.25, -0.2) is 4.79 Å². The van der Waals surface area contributed by atoms with Crippen molar-refractivity contribution in [1.82, 2.24) is 10.2 Å². The Bertz CT molecular complexity index is 480. The van der Waals surface area contributed by atoms with E-state index in [1.807, 2.05) is 6.07 Å². The van der Waals surface area contributed by atoms with Crippen molar-refractivity contribution >= 4 is 17.6 Å². The van der Waals surface area contributed by atoms with E-state index in [9.17, 15) is 14.7 Å². The van der Waals surface area contributed by atoms with Gasteiger partial charge >= 0.3 is 6.03 Å². The Morgan fingerprint density at radius 2 is 2.10 bits per heavy atom. The molecule has 21 heavy (non-hydrogen) atoms. The van der Waals surface area contributed by atoms with Crippen LogP contribution in [0.2, 0.25) is 0 Å². The molecule has 1 saturated heterocycles. The summed E-state index contributed by atoms with van der Waals surface area (Å²) in [6, 6.07) is 8.19. The van der Waals surface area contributed by atoms with Crippen LogP contribution in [0.1, 0.15) is 0 Å². The Labute approximate surface area is 122 Å². The first-order valence-electron chi connectivity index (χ1n) is 6.78. The van der Waals surface area contributed by atoms with Crippen LogP contribution >= 0.6 is 0 Å². The highest BCUT2D eigenvalue weighted by Gasteiger charge is 2.26. The van der Waals surface area contributed by atoms with E-state index in [4.69, 9.17) is 4.74 Å². The van der Waals surface area contributed by atoms with Crippen molar-refractivity contribution < 1.29 is 19.4 Å². The summed E-state index contributed by atoms with van der Waals surface area (Å²) in [6.07, 6.45) is 0. The molecule has 1 atom stereocenters. The fourth-order valence-electron chi connectivity index (χ4n) is 2.09. The number of urea groups is 1. The fourth-order valence-corrected chi connectivity index (χ4v) is 2.09. The smallest absolute Gasteiger partial charge is 0.319 e. The minimum absolute atomic E-state index is 0.116. The van der Waals surface area contributed by atoms with Gasteiger partial charge in [0.25, 0.3) is 0 Å². The van der Waals surface area contributed by atoms with Crippen molar-refractivity contribution in [1.29, 1.82) is 0 Å². The summed E-state index contributed by atoms with van der Waals surface area (Å²) in [4.78, 5) is 25.3. The summed E-state index contributed by atoms with van der Waals surface area (Å²) in [5.74, 6) is -0.236. The van der Waals surface area contributed by atoms with Gasteiger partial charge in [-0.1, -0.05) is 18.2 Å². The van der Waals surface area contributed by atoms with Crippen LogP contribution in [0.4, 0.5) is 10.5 Å². The quantitative estimate of drug-likeness (QED) is 0.730. The van der Waals surface area contributed by atoms with E-state index in [1.165, 1.54) is 4.90 Å². The van der Waals surface area contributed by atoms with Crippen LogP contribution in [-0.4, -0.2) is 60.9 Å². The molecule has 2 rings (SSSR count). The van der Waals surface area contributed by atoms with Crippen molar-refractivity contribution in [3.05, 3.63) is 30.3 Å². The molecule has 1 aliphatic heterocycles. The summed E-state index contributed by atoms with van der Waals surface area (Å²) < 4.78 is 5.20. The third kappa shape index (κ3) is 4.44. The van der Waals surface area contributed by atoms with Crippen LogP contribution in [0, 0.1) is 0 Å². The summed E-state index contributed by atoms with van der Waals surface area (Å²) in [6.45, 7) is 0.917. The lowest BCUT2D eigenvalue weighted by Crippen LogP contribution is -2.53. The van der Waals surface area contributed by atoms with Gasteiger partial charge in [-0.05, 0) is 12.1 Å². The van der Waals surface area contributed by atoms with Crippen LogP contribution in [0.5, 0.6) is 0 Å². The number of carbonyl (C=O) groups excluding carboxylic acids is 2. The van der Waals surface area contributed by atoms with Crippen LogP contribution in [0.3, 0.4) is 0 Å². The maximum atomic E-state index is 12.0. The molecular weight excluding hydrogens is 274 g/mol. The second kappa shape index (κ2) is 7.61. The number of rotatable bonds is 4. The standard InChI is InChI=1S/C14H19N3O4/c18-9-12-10-21-7-6-17(12)13(19)8-15-14(20)16-11-4-2-1-3-5-11/h1-5,12,18H,6-10H2,(H2,15,16,20). The number of amides is 3. The monoisotopic (exact) mass is 293 g/mol. The molecule has 0 bridgehead atoms. The zero-order valence-electron chi connectivity index (χ0n) is 11.6. The Balaban J connectivity index is 1.79. The number of hydrogen-bond acceptors (Lipinski definition) is 4. The number of morpholine rings is 1. The SMILES string of the molecule is O=C(NCC(=O)N1CCOCC1CO)Nc1ccccc1. The lowest BCUT2D eigenvalue weighted by atomic mass is 10.2. The number of aliphatic hydroxyl groups excluding tert-OH is 1. The molecule has 1 aliphatic rings. The van der Waals surface area contributed by atoms with E-state index in [0.717, 1.165) is 0 Å². The molecule has 1 aromatic carbocycles. The highest BCUT2D eigenvalue weighted by Crippen LogP contribution is 2.07. The van der Waals surface area contributed by atoms with Gasteiger partial charge in [-0.15, -0.1) is 0 Å². The van der Waals surface area contributed by atoms with Crippen molar-refractivity contribution in [2.75, 3.05) is 38.2 Å². The van der Waals surface area contributed by atoms with Gasteiger partial charge < -0.3 is 25.4 Å². The third-order valence-electron chi connectivity index (χ3n) is 3.19. The van der Waals surface area contributed by atoms with Crippen LogP contribution in [0.25, 0.3) is 0 Å². The van der Waals surface area contributed by atoms with E-state index in [-0.39, 0.29) is 25.1 Å². The van der Waals surface area contributed by atoms with Crippen LogP contribution in [0.15, 0.2) is 30.3 Å². The van der Waals surface area contributed by atoms with Gasteiger partial charge in [0.15, 0.2) is 0 Å². The second-order valence-corrected chi connectivity index (χ2v) is 4.67. The predicted molar refractivity (Wildman–Crippen MR) is 76.9 cm³/mol. The van der Waals surface area contributed by atoms with Gasteiger partial charge in [-0.2, -0.15) is 0 Å². The highest BCUT2D eigenvalue weighted by molar-refractivity contribution is 5.92. The van der Waals surface area contributed by atoms with E-state index in [1.54, 1.807) is 24.3 Å². The number of benzene rings is 1. The maximum absolute atomic E-state index is 12.0. The first-order valence-corrected chi connectivity index (χ1v) is 6.78. The van der Waals surface area contributed by atoms with Crippen molar-refractivity contribution in [2.24, 2.45) is 0 Å². The van der Waals surface area contributed by atoms with E-state index < -0.39 is 6.03 Å². The molecule has 1 unspecified atom stereocenters. The maximum Gasteiger partial charge on any atom is 0.319 e. The Morgan fingerprint density at radius 3 is 2.81 bits per heavy atom. The molecule has 1 heterocycles. The molecule has 1 aromatic rings. The minimum Gasteiger partial charge on any atom is -0.394 e. The van der Waals surface area contributed by atoms with E-state index in [2.05, 4.69) is 10.6 Å². The average molecular weight is 293 g/mol. The number of hydrogen-bond donors (Lipinski definition) is 3. The number of aliphatic hydroxyl groups is 1.